The smallest absolute Gasteiger partial charge is 0.122 e. The highest BCUT2D eigenvalue weighted by atomic mass is 16.5. The molecule has 0 aliphatic rings. The summed E-state index contributed by atoms with van der Waals surface area (Å²) >= 11 is 0. The van der Waals surface area contributed by atoms with Gasteiger partial charge in [-0.25, -0.2) is 0 Å². The number of nitrogens with one attached hydrogen (secondary N) is 1. The van der Waals surface area contributed by atoms with Gasteiger partial charge in [0.25, 0.3) is 0 Å². The van der Waals surface area contributed by atoms with Crippen molar-refractivity contribution in [1.29, 1.82) is 0 Å². The van der Waals surface area contributed by atoms with Crippen LogP contribution in [0.3, 0.4) is 0 Å². The zero-order valence-corrected chi connectivity index (χ0v) is 13.1. The van der Waals surface area contributed by atoms with Gasteiger partial charge in [-0.3, -0.25) is 0 Å². The quantitative estimate of drug-likeness (QED) is 0.824. The number of ether oxygens (including phenoxy) is 1. The van der Waals surface area contributed by atoms with E-state index in [0.717, 1.165) is 18.7 Å². The third-order valence-electron chi connectivity index (χ3n) is 3.28. The molecule has 0 unspecified atom stereocenters. The summed E-state index contributed by atoms with van der Waals surface area (Å²) in [6.07, 6.45) is 0.940. The van der Waals surface area contributed by atoms with Crippen molar-refractivity contribution in [1.82, 2.24) is 0 Å². The molecule has 19 heavy (non-hydrogen) atoms. The minimum Gasteiger partial charge on any atom is -0.496 e. The predicted molar refractivity (Wildman–Crippen MR) is 83.2 cm³/mol. The zero-order valence-electron chi connectivity index (χ0n) is 13.1. The van der Waals surface area contributed by atoms with Crippen LogP contribution in [0.1, 0.15) is 51.2 Å². The van der Waals surface area contributed by atoms with Crippen LogP contribution in [0, 0.1) is 6.92 Å². The van der Waals surface area contributed by atoms with Crippen LogP contribution in [0.15, 0.2) is 12.1 Å². The molecule has 0 aromatic heterocycles. The van der Waals surface area contributed by atoms with Crippen molar-refractivity contribution in [2.45, 2.75) is 52.5 Å². The van der Waals surface area contributed by atoms with E-state index in [1.54, 1.807) is 7.11 Å². The number of aryl methyl sites for hydroxylation is 1. The maximum Gasteiger partial charge on any atom is 0.122 e. The molecule has 0 radical (unpaired) electrons. The second kappa shape index (κ2) is 6.29. The van der Waals surface area contributed by atoms with Gasteiger partial charge in [0.15, 0.2) is 0 Å². The molecule has 1 rings (SSSR count). The highest BCUT2D eigenvalue weighted by Gasteiger charge is 2.13. The van der Waals surface area contributed by atoms with Crippen molar-refractivity contribution in [3.8, 4) is 5.75 Å². The Morgan fingerprint density at radius 3 is 2.42 bits per heavy atom. The van der Waals surface area contributed by atoms with Gasteiger partial charge in [-0.2, -0.15) is 0 Å². The summed E-state index contributed by atoms with van der Waals surface area (Å²) in [4.78, 5) is 0. The molecule has 0 atom stereocenters. The average molecular weight is 264 g/mol. The van der Waals surface area contributed by atoms with E-state index in [-0.39, 0.29) is 5.54 Å². The SMILES string of the molecule is COc1cc(C)c(NCCC(C)(C)N)cc1C(C)C. The summed E-state index contributed by atoms with van der Waals surface area (Å²) in [6.45, 7) is 11.4. The van der Waals surface area contributed by atoms with E-state index in [2.05, 4.69) is 52.1 Å². The molecule has 3 N–H and O–H groups in total. The normalized spacial score (nSPS) is 11.8. The first-order chi connectivity index (χ1) is 8.74. The van der Waals surface area contributed by atoms with E-state index in [1.165, 1.54) is 16.8 Å². The average Bonchev–Trinajstić information content (AvgIpc) is 2.28. The maximum atomic E-state index is 6.00. The van der Waals surface area contributed by atoms with E-state index in [1.807, 2.05) is 0 Å². The first-order valence-corrected chi connectivity index (χ1v) is 6.96. The Morgan fingerprint density at radius 2 is 1.95 bits per heavy atom. The molecule has 3 heteroatoms. The Morgan fingerprint density at radius 1 is 1.32 bits per heavy atom. The Labute approximate surface area is 117 Å². The number of methoxy groups -OCH3 is 1. The zero-order chi connectivity index (χ0) is 14.6. The highest BCUT2D eigenvalue weighted by molar-refractivity contribution is 5.58. The number of benzene rings is 1. The molecule has 0 aliphatic heterocycles. The molecule has 0 spiro atoms. The lowest BCUT2D eigenvalue weighted by Gasteiger charge is -2.21. The molecule has 1 aromatic rings. The van der Waals surface area contributed by atoms with Crippen LogP contribution in [0.2, 0.25) is 0 Å². The van der Waals surface area contributed by atoms with Crippen LogP contribution in [0.4, 0.5) is 5.69 Å². The van der Waals surface area contributed by atoms with Crippen LogP contribution in [0.5, 0.6) is 5.75 Å². The summed E-state index contributed by atoms with van der Waals surface area (Å²) in [7, 11) is 1.73. The molecule has 0 saturated heterocycles. The Kier molecular flexibility index (Phi) is 5.24. The molecule has 0 bridgehead atoms. The fourth-order valence-corrected chi connectivity index (χ4v) is 2.04. The lowest BCUT2D eigenvalue weighted by atomic mass is 9.98. The summed E-state index contributed by atoms with van der Waals surface area (Å²) in [5, 5.41) is 3.48. The van der Waals surface area contributed by atoms with Gasteiger partial charge in [-0.1, -0.05) is 13.8 Å². The molecule has 0 saturated carbocycles. The van der Waals surface area contributed by atoms with E-state index in [4.69, 9.17) is 10.5 Å². The molecular weight excluding hydrogens is 236 g/mol. The standard InChI is InChI=1S/C16H28N2O/c1-11(2)13-10-14(12(3)9-15(13)19-6)18-8-7-16(4,5)17/h9-11,18H,7-8,17H2,1-6H3. The van der Waals surface area contributed by atoms with Crippen molar-refractivity contribution in [2.24, 2.45) is 5.73 Å². The van der Waals surface area contributed by atoms with E-state index in [9.17, 15) is 0 Å². The van der Waals surface area contributed by atoms with E-state index >= 15 is 0 Å². The van der Waals surface area contributed by atoms with Crippen LogP contribution in [-0.4, -0.2) is 19.2 Å². The van der Waals surface area contributed by atoms with Crippen molar-refractivity contribution in [3.63, 3.8) is 0 Å². The summed E-state index contributed by atoms with van der Waals surface area (Å²) < 4.78 is 5.45. The van der Waals surface area contributed by atoms with E-state index < -0.39 is 0 Å². The third-order valence-corrected chi connectivity index (χ3v) is 3.28. The summed E-state index contributed by atoms with van der Waals surface area (Å²) in [5.41, 5.74) is 9.49. The van der Waals surface area contributed by atoms with Crippen LogP contribution < -0.4 is 15.8 Å². The van der Waals surface area contributed by atoms with Gasteiger partial charge in [-0.15, -0.1) is 0 Å². The summed E-state index contributed by atoms with van der Waals surface area (Å²) in [5.74, 6) is 1.42. The van der Waals surface area contributed by atoms with Gasteiger partial charge >= 0.3 is 0 Å². The molecular formula is C16H28N2O. The van der Waals surface area contributed by atoms with E-state index in [0.29, 0.717) is 5.92 Å². The second-order valence-corrected chi connectivity index (χ2v) is 6.23. The predicted octanol–water partition coefficient (Wildman–Crippen LogP) is 3.67. The molecule has 0 fully saturated rings. The summed E-state index contributed by atoms with van der Waals surface area (Å²) in [6, 6.07) is 4.30. The first kappa shape index (κ1) is 15.8. The molecule has 1 aromatic carbocycles. The van der Waals surface area contributed by atoms with Gasteiger partial charge in [0, 0.05) is 17.8 Å². The topological polar surface area (TPSA) is 47.3 Å². The van der Waals surface area contributed by atoms with Gasteiger partial charge in [0.05, 0.1) is 7.11 Å². The van der Waals surface area contributed by atoms with Crippen molar-refractivity contribution in [2.75, 3.05) is 19.0 Å². The van der Waals surface area contributed by atoms with Gasteiger partial charge in [-0.05, 0) is 56.4 Å². The monoisotopic (exact) mass is 264 g/mol. The minimum absolute atomic E-state index is 0.131. The van der Waals surface area contributed by atoms with Gasteiger partial charge in [0.1, 0.15) is 5.75 Å². The Balaban J connectivity index is 2.86. The molecule has 0 amide bonds. The number of hydrogen-bond acceptors (Lipinski definition) is 3. The molecule has 0 heterocycles. The van der Waals surface area contributed by atoms with Crippen LogP contribution in [-0.2, 0) is 0 Å². The lowest BCUT2D eigenvalue weighted by molar-refractivity contribution is 0.407. The lowest BCUT2D eigenvalue weighted by Crippen LogP contribution is -2.34. The Hall–Kier alpha value is -1.22. The Bertz CT molecular complexity index is 419. The third kappa shape index (κ3) is 4.75. The van der Waals surface area contributed by atoms with Crippen molar-refractivity contribution < 1.29 is 4.74 Å². The van der Waals surface area contributed by atoms with Gasteiger partial charge < -0.3 is 15.8 Å². The second-order valence-electron chi connectivity index (χ2n) is 6.23. The number of hydrogen-bond donors (Lipinski definition) is 2. The first-order valence-electron chi connectivity index (χ1n) is 6.96. The fourth-order valence-electron chi connectivity index (χ4n) is 2.04. The highest BCUT2D eigenvalue weighted by Crippen LogP contribution is 2.32. The van der Waals surface area contributed by atoms with Gasteiger partial charge in [0.2, 0.25) is 0 Å². The molecule has 0 aliphatic carbocycles. The van der Waals surface area contributed by atoms with Crippen molar-refractivity contribution >= 4 is 5.69 Å². The fraction of sp³-hybridized carbons (Fsp3) is 0.625. The largest absolute Gasteiger partial charge is 0.496 e. The van der Waals surface area contributed by atoms with Crippen LogP contribution >= 0.6 is 0 Å². The molecule has 108 valence electrons. The number of anilines is 1. The number of rotatable bonds is 6. The molecule has 3 nitrogen and oxygen atoms in total. The minimum atomic E-state index is -0.131. The van der Waals surface area contributed by atoms with Crippen LogP contribution in [0.25, 0.3) is 0 Å². The maximum absolute atomic E-state index is 6.00. The van der Waals surface area contributed by atoms with Crippen molar-refractivity contribution in [3.05, 3.63) is 23.3 Å². The number of nitrogens with two attached hydrogens (primary N) is 1.